The van der Waals surface area contributed by atoms with Gasteiger partial charge in [0.15, 0.2) is 16.6 Å². The molecule has 1 aliphatic carbocycles. The molecule has 0 unspecified atom stereocenters. The molecular formula is C11H12N6OS. The second-order valence-corrected chi connectivity index (χ2v) is 5.23. The molecule has 0 aliphatic heterocycles. The number of hydrogen-bond donors (Lipinski definition) is 3. The maximum Gasteiger partial charge on any atom is 0.277 e. The summed E-state index contributed by atoms with van der Waals surface area (Å²) in [6.07, 6.45) is 3.21. The van der Waals surface area contributed by atoms with Crippen molar-refractivity contribution in [1.29, 1.82) is 0 Å². The summed E-state index contributed by atoms with van der Waals surface area (Å²) < 4.78 is 0. The minimum Gasteiger partial charge on any atom is -0.307 e. The lowest BCUT2D eigenvalue weighted by Crippen LogP contribution is -2.16. The van der Waals surface area contributed by atoms with E-state index in [1.54, 1.807) is 12.1 Å². The fourth-order valence-electron chi connectivity index (χ4n) is 1.94. The molecule has 4 N–H and O–H groups in total. The van der Waals surface area contributed by atoms with Crippen molar-refractivity contribution in [2.24, 2.45) is 5.84 Å². The van der Waals surface area contributed by atoms with Crippen molar-refractivity contribution in [2.45, 2.75) is 19.3 Å². The van der Waals surface area contributed by atoms with E-state index in [1.807, 2.05) is 0 Å². The summed E-state index contributed by atoms with van der Waals surface area (Å²) in [6, 6.07) is 3.14. The minimum absolute atomic E-state index is 0.231. The SMILES string of the molecule is NNc1ccc(C(=O)Nc2nc3c(s2)CCC3)nn1. The summed E-state index contributed by atoms with van der Waals surface area (Å²) in [5.41, 5.74) is 3.69. The van der Waals surface area contributed by atoms with Crippen molar-refractivity contribution in [1.82, 2.24) is 15.2 Å². The predicted molar refractivity (Wildman–Crippen MR) is 71.9 cm³/mol. The monoisotopic (exact) mass is 276 g/mol. The number of amides is 1. The maximum atomic E-state index is 11.9. The van der Waals surface area contributed by atoms with Crippen molar-refractivity contribution >= 4 is 28.2 Å². The Kier molecular flexibility index (Phi) is 3.10. The third-order valence-electron chi connectivity index (χ3n) is 2.86. The van der Waals surface area contributed by atoms with Gasteiger partial charge in [-0.3, -0.25) is 10.1 Å². The number of aryl methyl sites for hydroxylation is 2. The van der Waals surface area contributed by atoms with E-state index in [0.29, 0.717) is 10.9 Å². The number of nitrogens with two attached hydrogens (primary N) is 1. The van der Waals surface area contributed by atoms with Crippen molar-refractivity contribution in [3.63, 3.8) is 0 Å². The Morgan fingerprint density at radius 1 is 1.32 bits per heavy atom. The van der Waals surface area contributed by atoms with Crippen LogP contribution in [-0.2, 0) is 12.8 Å². The van der Waals surface area contributed by atoms with Crippen LogP contribution in [0, 0.1) is 0 Å². The van der Waals surface area contributed by atoms with Gasteiger partial charge in [0, 0.05) is 4.88 Å². The van der Waals surface area contributed by atoms with Crippen molar-refractivity contribution in [2.75, 3.05) is 10.7 Å². The summed E-state index contributed by atoms with van der Waals surface area (Å²) in [5.74, 6) is 5.27. The average Bonchev–Trinajstić information content (AvgIpc) is 2.99. The number of aromatic nitrogens is 3. The molecule has 0 fully saturated rings. The van der Waals surface area contributed by atoms with E-state index in [2.05, 4.69) is 25.9 Å². The molecule has 8 heteroatoms. The van der Waals surface area contributed by atoms with Crippen molar-refractivity contribution < 1.29 is 4.79 Å². The summed E-state index contributed by atoms with van der Waals surface area (Å²) in [4.78, 5) is 17.6. The van der Waals surface area contributed by atoms with Crippen LogP contribution >= 0.6 is 11.3 Å². The highest BCUT2D eigenvalue weighted by molar-refractivity contribution is 7.15. The number of rotatable bonds is 3. The summed E-state index contributed by atoms with van der Waals surface area (Å²) in [6.45, 7) is 0. The Bertz CT molecular complexity index is 587. The van der Waals surface area contributed by atoms with E-state index in [1.165, 1.54) is 16.2 Å². The highest BCUT2D eigenvalue weighted by Gasteiger charge is 2.18. The van der Waals surface area contributed by atoms with Crippen molar-refractivity contribution in [3.05, 3.63) is 28.4 Å². The fraction of sp³-hybridized carbons (Fsp3) is 0.273. The van der Waals surface area contributed by atoms with Gasteiger partial charge in [0.2, 0.25) is 0 Å². The molecule has 0 saturated heterocycles. The quantitative estimate of drug-likeness (QED) is 0.569. The first-order valence-corrected chi connectivity index (χ1v) is 6.68. The normalized spacial score (nSPS) is 13.1. The molecule has 98 valence electrons. The zero-order valence-electron chi connectivity index (χ0n) is 10.0. The van der Waals surface area contributed by atoms with E-state index in [4.69, 9.17) is 5.84 Å². The minimum atomic E-state index is -0.316. The zero-order chi connectivity index (χ0) is 13.2. The van der Waals surface area contributed by atoms with Crippen LogP contribution < -0.4 is 16.6 Å². The molecule has 1 aliphatic rings. The number of hydrazine groups is 1. The van der Waals surface area contributed by atoms with Crippen LogP contribution in [0.4, 0.5) is 10.9 Å². The molecule has 0 aromatic carbocycles. The van der Waals surface area contributed by atoms with Gasteiger partial charge in [-0.2, -0.15) is 0 Å². The van der Waals surface area contributed by atoms with Gasteiger partial charge in [0.25, 0.3) is 5.91 Å². The van der Waals surface area contributed by atoms with Gasteiger partial charge in [-0.25, -0.2) is 10.8 Å². The number of anilines is 2. The van der Waals surface area contributed by atoms with Gasteiger partial charge in [-0.05, 0) is 31.4 Å². The number of nitrogens with zero attached hydrogens (tertiary/aromatic N) is 3. The van der Waals surface area contributed by atoms with Crippen LogP contribution in [0.25, 0.3) is 0 Å². The van der Waals surface area contributed by atoms with Crippen molar-refractivity contribution in [3.8, 4) is 0 Å². The molecule has 2 heterocycles. The van der Waals surface area contributed by atoms with Crippen LogP contribution in [0.2, 0.25) is 0 Å². The van der Waals surface area contributed by atoms with Gasteiger partial charge in [0.05, 0.1) is 5.69 Å². The van der Waals surface area contributed by atoms with Crippen LogP contribution in [-0.4, -0.2) is 21.1 Å². The molecule has 0 saturated carbocycles. The van der Waals surface area contributed by atoms with Gasteiger partial charge in [-0.15, -0.1) is 21.5 Å². The largest absolute Gasteiger partial charge is 0.307 e. The molecule has 3 rings (SSSR count). The molecule has 0 radical (unpaired) electrons. The first-order valence-electron chi connectivity index (χ1n) is 5.86. The van der Waals surface area contributed by atoms with E-state index in [9.17, 15) is 4.79 Å². The van der Waals surface area contributed by atoms with Gasteiger partial charge in [0.1, 0.15) is 0 Å². The molecule has 2 aromatic heterocycles. The van der Waals surface area contributed by atoms with Crippen LogP contribution in [0.1, 0.15) is 27.5 Å². The van der Waals surface area contributed by atoms with E-state index in [-0.39, 0.29) is 11.6 Å². The molecule has 0 spiro atoms. The van der Waals surface area contributed by atoms with E-state index in [0.717, 1.165) is 25.0 Å². The molecular weight excluding hydrogens is 264 g/mol. The van der Waals surface area contributed by atoms with Gasteiger partial charge >= 0.3 is 0 Å². The Balaban J connectivity index is 1.72. The van der Waals surface area contributed by atoms with Crippen LogP contribution in [0.15, 0.2) is 12.1 Å². The van der Waals surface area contributed by atoms with E-state index < -0.39 is 0 Å². The van der Waals surface area contributed by atoms with Gasteiger partial charge < -0.3 is 5.43 Å². The number of nitrogen functional groups attached to an aromatic ring is 1. The second-order valence-electron chi connectivity index (χ2n) is 4.14. The standard InChI is InChI=1S/C11H12N6OS/c12-15-9-5-4-7(16-17-9)10(18)14-11-13-6-2-1-3-8(6)19-11/h4-5H,1-3,12H2,(H,15,17)(H,13,14,18). The molecule has 7 nitrogen and oxygen atoms in total. The van der Waals surface area contributed by atoms with Crippen LogP contribution in [0.5, 0.6) is 0 Å². The summed E-state index contributed by atoms with van der Waals surface area (Å²) in [5, 5.41) is 10.9. The summed E-state index contributed by atoms with van der Waals surface area (Å²) in [7, 11) is 0. The lowest BCUT2D eigenvalue weighted by atomic mass is 10.3. The first kappa shape index (κ1) is 12.0. The van der Waals surface area contributed by atoms with Crippen LogP contribution in [0.3, 0.4) is 0 Å². The third kappa shape index (κ3) is 2.40. The molecule has 2 aromatic rings. The molecule has 1 amide bonds. The van der Waals surface area contributed by atoms with Gasteiger partial charge in [-0.1, -0.05) is 0 Å². The Labute approximate surface area is 113 Å². The van der Waals surface area contributed by atoms with E-state index >= 15 is 0 Å². The predicted octanol–water partition coefficient (Wildman–Crippen LogP) is 0.960. The number of nitrogens with one attached hydrogen (secondary N) is 2. The molecule has 19 heavy (non-hydrogen) atoms. The maximum absolute atomic E-state index is 11.9. The number of thiazole rings is 1. The first-order chi connectivity index (χ1) is 9.26. The number of fused-ring (bicyclic) bond motifs is 1. The number of carbonyl (C=O) groups excluding carboxylic acids is 1. The zero-order valence-corrected chi connectivity index (χ0v) is 10.8. The molecule has 0 atom stereocenters. The lowest BCUT2D eigenvalue weighted by Gasteiger charge is -2.01. The number of carbonyl (C=O) groups is 1. The smallest absolute Gasteiger partial charge is 0.277 e. The fourth-order valence-corrected chi connectivity index (χ4v) is 2.98. The molecule has 0 bridgehead atoms. The topological polar surface area (TPSA) is 106 Å². The second kappa shape index (κ2) is 4.90. The third-order valence-corrected chi connectivity index (χ3v) is 3.93. The average molecular weight is 276 g/mol. The Morgan fingerprint density at radius 3 is 2.89 bits per heavy atom. The number of hydrogen-bond acceptors (Lipinski definition) is 7. The summed E-state index contributed by atoms with van der Waals surface area (Å²) >= 11 is 1.53. The Morgan fingerprint density at radius 2 is 2.21 bits per heavy atom. The highest BCUT2D eigenvalue weighted by atomic mass is 32.1. The Hall–Kier alpha value is -2.06. The lowest BCUT2D eigenvalue weighted by molar-refractivity contribution is 0.102. The highest BCUT2D eigenvalue weighted by Crippen LogP contribution is 2.30.